The smallest absolute Gasteiger partial charge is 0.266 e. The molecule has 0 aliphatic carbocycles. The number of morpholine rings is 1. The molecule has 1 saturated heterocycles. The number of nitriles is 1. The normalized spacial score (nSPS) is 13.6. The number of hydrogen-bond donors (Lipinski definition) is 1. The average Bonchev–Trinajstić information content (AvgIpc) is 2.87. The first-order valence-electron chi connectivity index (χ1n) is 10.9. The van der Waals surface area contributed by atoms with Crippen molar-refractivity contribution in [2.75, 3.05) is 51.9 Å². The van der Waals surface area contributed by atoms with Crippen LogP contribution in [0.1, 0.15) is 12.5 Å². The van der Waals surface area contributed by atoms with Crippen LogP contribution in [0, 0.1) is 11.3 Å². The molecule has 9 nitrogen and oxygen atoms in total. The van der Waals surface area contributed by atoms with Gasteiger partial charge in [-0.3, -0.25) is 9.59 Å². The van der Waals surface area contributed by atoms with E-state index < -0.39 is 5.91 Å². The van der Waals surface area contributed by atoms with E-state index in [0.29, 0.717) is 61.4 Å². The number of anilines is 1. The Bertz CT molecular complexity index is 1070. The van der Waals surface area contributed by atoms with Crippen LogP contribution in [-0.2, 0) is 14.3 Å². The minimum absolute atomic E-state index is 0.0746. The molecule has 0 radical (unpaired) electrons. The van der Waals surface area contributed by atoms with Crippen molar-refractivity contribution >= 4 is 23.6 Å². The Hall–Kier alpha value is -4.03. The van der Waals surface area contributed by atoms with Gasteiger partial charge in [-0.25, -0.2) is 0 Å². The second-order valence-electron chi connectivity index (χ2n) is 7.27. The van der Waals surface area contributed by atoms with E-state index in [2.05, 4.69) is 5.32 Å². The Morgan fingerprint density at radius 2 is 1.85 bits per heavy atom. The van der Waals surface area contributed by atoms with E-state index >= 15 is 0 Å². The number of rotatable bonds is 9. The van der Waals surface area contributed by atoms with E-state index in [0.717, 1.165) is 0 Å². The zero-order valence-electron chi connectivity index (χ0n) is 19.2. The Morgan fingerprint density at radius 1 is 1.12 bits per heavy atom. The number of nitrogens with zero attached hydrogens (tertiary/aromatic N) is 2. The summed E-state index contributed by atoms with van der Waals surface area (Å²) in [5.74, 6) is 0.811. The summed E-state index contributed by atoms with van der Waals surface area (Å²) >= 11 is 0. The lowest BCUT2D eigenvalue weighted by Gasteiger charge is -2.26. The van der Waals surface area contributed by atoms with Crippen molar-refractivity contribution in [1.29, 1.82) is 5.26 Å². The molecule has 1 aliphatic rings. The summed E-state index contributed by atoms with van der Waals surface area (Å²) in [4.78, 5) is 26.6. The lowest BCUT2D eigenvalue weighted by Crippen LogP contribution is -2.43. The van der Waals surface area contributed by atoms with Crippen LogP contribution in [0.4, 0.5) is 5.69 Å². The Balaban J connectivity index is 1.70. The molecule has 0 spiro atoms. The summed E-state index contributed by atoms with van der Waals surface area (Å²) in [6.45, 7) is 4.20. The fourth-order valence-electron chi connectivity index (χ4n) is 3.23. The number of carbonyl (C=O) groups excluding carboxylic acids is 2. The van der Waals surface area contributed by atoms with Gasteiger partial charge in [-0.2, -0.15) is 5.26 Å². The van der Waals surface area contributed by atoms with Crippen LogP contribution in [-0.4, -0.2) is 63.3 Å². The highest BCUT2D eigenvalue weighted by atomic mass is 16.5. The Labute approximate surface area is 198 Å². The summed E-state index contributed by atoms with van der Waals surface area (Å²) < 4.78 is 21.7. The van der Waals surface area contributed by atoms with Gasteiger partial charge >= 0.3 is 0 Å². The molecule has 0 unspecified atom stereocenters. The molecular weight excluding hydrogens is 438 g/mol. The fourth-order valence-corrected chi connectivity index (χ4v) is 3.23. The van der Waals surface area contributed by atoms with Crippen molar-refractivity contribution in [3.05, 3.63) is 53.6 Å². The summed E-state index contributed by atoms with van der Waals surface area (Å²) in [7, 11) is 1.55. The van der Waals surface area contributed by atoms with Crippen molar-refractivity contribution in [3.63, 3.8) is 0 Å². The highest BCUT2D eigenvalue weighted by molar-refractivity contribution is 6.09. The van der Waals surface area contributed by atoms with Gasteiger partial charge in [0, 0.05) is 18.8 Å². The second kappa shape index (κ2) is 12.3. The van der Waals surface area contributed by atoms with Gasteiger partial charge in [0.2, 0.25) is 0 Å². The minimum atomic E-state index is -0.540. The molecule has 0 saturated carbocycles. The molecule has 1 N–H and O–H groups in total. The molecule has 0 aromatic heterocycles. The molecule has 178 valence electrons. The van der Waals surface area contributed by atoms with E-state index in [-0.39, 0.29) is 18.1 Å². The number of methoxy groups -OCH3 is 1. The molecule has 2 aromatic carbocycles. The third-order valence-corrected chi connectivity index (χ3v) is 5.01. The number of hydrogen-bond acceptors (Lipinski definition) is 7. The lowest BCUT2D eigenvalue weighted by atomic mass is 10.1. The van der Waals surface area contributed by atoms with Gasteiger partial charge in [-0.05, 0) is 55.0 Å². The zero-order chi connectivity index (χ0) is 24.3. The number of carbonyl (C=O) groups is 2. The molecule has 0 atom stereocenters. The predicted molar refractivity (Wildman–Crippen MR) is 126 cm³/mol. The Kier molecular flexibility index (Phi) is 8.88. The largest absolute Gasteiger partial charge is 0.497 e. The molecule has 2 aromatic rings. The minimum Gasteiger partial charge on any atom is -0.497 e. The molecule has 3 rings (SSSR count). The number of nitrogens with one attached hydrogen (secondary N) is 1. The molecule has 2 amide bonds. The summed E-state index contributed by atoms with van der Waals surface area (Å²) in [6.07, 6.45) is 1.46. The molecule has 1 heterocycles. The third kappa shape index (κ3) is 6.73. The monoisotopic (exact) mass is 465 g/mol. The van der Waals surface area contributed by atoms with Gasteiger partial charge in [0.1, 0.15) is 17.4 Å². The maximum atomic E-state index is 12.6. The first kappa shape index (κ1) is 24.6. The van der Waals surface area contributed by atoms with Crippen LogP contribution in [0.5, 0.6) is 17.2 Å². The van der Waals surface area contributed by atoms with Crippen molar-refractivity contribution in [2.24, 2.45) is 0 Å². The maximum Gasteiger partial charge on any atom is 0.266 e. The van der Waals surface area contributed by atoms with E-state index in [1.807, 2.05) is 13.0 Å². The first-order valence-corrected chi connectivity index (χ1v) is 10.9. The molecule has 1 aliphatic heterocycles. The van der Waals surface area contributed by atoms with Crippen LogP contribution in [0.25, 0.3) is 6.08 Å². The maximum absolute atomic E-state index is 12.6. The van der Waals surface area contributed by atoms with Crippen LogP contribution < -0.4 is 19.5 Å². The number of ether oxygens (including phenoxy) is 4. The summed E-state index contributed by atoms with van der Waals surface area (Å²) in [6, 6.07) is 13.7. The van der Waals surface area contributed by atoms with Gasteiger partial charge in [0.05, 0.1) is 26.9 Å². The van der Waals surface area contributed by atoms with E-state index in [1.165, 1.54) is 6.08 Å². The van der Waals surface area contributed by atoms with Crippen molar-refractivity contribution in [3.8, 4) is 23.3 Å². The van der Waals surface area contributed by atoms with Crippen LogP contribution in [0.2, 0.25) is 0 Å². The van der Waals surface area contributed by atoms with Crippen LogP contribution >= 0.6 is 0 Å². The lowest BCUT2D eigenvalue weighted by molar-refractivity contribution is -0.137. The molecular formula is C25H27N3O6. The standard InChI is InChI=1S/C25H27N3O6/c1-3-33-23-15-18(4-9-22(23)34-17-24(29)28-10-12-32-13-11-28)14-19(16-26)25(30)27-20-5-7-21(31-2)8-6-20/h4-9,14-15H,3,10-13,17H2,1-2H3,(H,27,30)/b19-14-. The topological polar surface area (TPSA) is 110 Å². The van der Waals surface area contributed by atoms with E-state index in [4.69, 9.17) is 18.9 Å². The highest BCUT2D eigenvalue weighted by Crippen LogP contribution is 2.29. The van der Waals surface area contributed by atoms with Gasteiger partial charge in [-0.15, -0.1) is 0 Å². The van der Waals surface area contributed by atoms with Gasteiger partial charge in [-0.1, -0.05) is 6.07 Å². The summed E-state index contributed by atoms with van der Waals surface area (Å²) in [5, 5.41) is 12.2. The highest BCUT2D eigenvalue weighted by Gasteiger charge is 2.18. The third-order valence-electron chi connectivity index (χ3n) is 5.01. The van der Waals surface area contributed by atoms with Gasteiger partial charge in [0.15, 0.2) is 18.1 Å². The van der Waals surface area contributed by atoms with E-state index in [9.17, 15) is 14.9 Å². The van der Waals surface area contributed by atoms with E-state index in [1.54, 1.807) is 54.5 Å². The number of benzene rings is 2. The molecule has 0 bridgehead atoms. The predicted octanol–water partition coefficient (Wildman–Crippen LogP) is 2.88. The van der Waals surface area contributed by atoms with Crippen LogP contribution in [0.3, 0.4) is 0 Å². The number of amides is 2. The van der Waals surface area contributed by atoms with Crippen LogP contribution in [0.15, 0.2) is 48.0 Å². The van der Waals surface area contributed by atoms with Crippen molar-refractivity contribution in [1.82, 2.24) is 4.90 Å². The van der Waals surface area contributed by atoms with Gasteiger partial charge in [0.25, 0.3) is 11.8 Å². The second-order valence-corrected chi connectivity index (χ2v) is 7.27. The SMILES string of the molecule is CCOc1cc(/C=C(/C#N)C(=O)Nc2ccc(OC)cc2)ccc1OCC(=O)N1CCOCC1. The van der Waals surface area contributed by atoms with Crippen molar-refractivity contribution in [2.45, 2.75) is 6.92 Å². The average molecular weight is 466 g/mol. The molecule has 1 fully saturated rings. The Morgan fingerprint density at radius 3 is 2.50 bits per heavy atom. The molecule has 34 heavy (non-hydrogen) atoms. The van der Waals surface area contributed by atoms with Gasteiger partial charge < -0.3 is 29.2 Å². The quantitative estimate of drug-likeness (QED) is 0.448. The molecule has 9 heteroatoms. The summed E-state index contributed by atoms with van der Waals surface area (Å²) in [5.41, 5.74) is 1.04. The fraction of sp³-hybridized carbons (Fsp3) is 0.320. The van der Waals surface area contributed by atoms with Crippen molar-refractivity contribution < 1.29 is 28.5 Å². The zero-order valence-corrected chi connectivity index (χ0v) is 19.2. The first-order chi connectivity index (χ1) is 16.5.